The van der Waals surface area contributed by atoms with Crippen molar-refractivity contribution in [1.29, 1.82) is 0 Å². The number of fused-ring (bicyclic) bond motifs is 5. The van der Waals surface area contributed by atoms with Crippen molar-refractivity contribution < 1.29 is 23.5 Å². The minimum absolute atomic E-state index is 0.0650. The van der Waals surface area contributed by atoms with E-state index in [0.717, 1.165) is 4.47 Å². The van der Waals surface area contributed by atoms with Gasteiger partial charge >= 0.3 is 5.97 Å². The molecule has 140 valence electrons. The highest BCUT2D eigenvalue weighted by atomic mass is 79.9. The number of carbonyl (C=O) groups excluding carboxylic acids is 2. The van der Waals surface area contributed by atoms with E-state index >= 15 is 0 Å². The van der Waals surface area contributed by atoms with E-state index < -0.39 is 17.3 Å². The number of esters is 1. The molecule has 1 aromatic carbocycles. The molecule has 2 aliphatic rings. The molecule has 1 aliphatic heterocycles. The lowest BCUT2D eigenvalue weighted by Gasteiger charge is -2.24. The third kappa shape index (κ3) is 2.35. The fourth-order valence-corrected chi connectivity index (χ4v) is 4.09. The first kappa shape index (κ1) is 17.7. The maximum atomic E-state index is 13.2. The number of oxazole rings is 1. The van der Waals surface area contributed by atoms with Crippen LogP contribution in [0.2, 0.25) is 0 Å². The molecule has 3 N–H and O–H groups in total. The molecule has 1 unspecified atom stereocenters. The van der Waals surface area contributed by atoms with Gasteiger partial charge in [0.15, 0.2) is 11.2 Å². The molecule has 2 heterocycles. The van der Waals surface area contributed by atoms with Gasteiger partial charge in [0.05, 0.1) is 12.2 Å². The summed E-state index contributed by atoms with van der Waals surface area (Å²) in [4.78, 5) is 30.3. The molecule has 1 atom stereocenters. The van der Waals surface area contributed by atoms with Crippen molar-refractivity contribution in [3.05, 3.63) is 45.2 Å². The van der Waals surface area contributed by atoms with Crippen molar-refractivity contribution in [1.82, 2.24) is 10.3 Å². The van der Waals surface area contributed by atoms with Crippen molar-refractivity contribution in [2.75, 3.05) is 26.1 Å². The van der Waals surface area contributed by atoms with Gasteiger partial charge in [0.1, 0.15) is 12.3 Å². The van der Waals surface area contributed by atoms with Crippen LogP contribution in [-0.2, 0) is 24.5 Å². The Kier molecular flexibility index (Phi) is 4.08. The molecular formula is C18H16BrN3O5. The summed E-state index contributed by atoms with van der Waals surface area (Å²) in [5, 5.41) is 2.75. The van der Waals surface area contributed by atoms with Gasteiger partial charge in [-0.3, -0.25) is 4.79 Å². The third-order valence-corrected chi connectivity index (χ3v) is 5.24. The average molecular weight is 434 g/mol. The number of nitrogens with two attached hydrogens (primary N) is 1. The highest BCUT2D eigenvalue weighted by Crippen LogP contribution is 2.56. The summed E-state index contributed by atoms with van der Waals surface area (Å²) in [7, 11) is 1.51. The molecule has 0 bridgehead atoms. The van der Waals surface area contributed by atoms with Crippen molar-refractivity contribution >= 4 is 33.8 Å². The van der Waals surface area contributed by atoms with Crippen LogP contribution in [0.1, 0.15) is 18.2 Å². The summed E-state index contributed by atoms with van der Waals surface area (Å²) >= 11 is 3.43. The number of methoxy groups -OCH3 is 1. The summed E-state index contributed by atoms with van der Waals surface area (Å²) in [6.45, 7) is 1.96. The molecule has 1 aromatic heterocycles. The fourth-order valence-electron chi connectivity index (χ4n) is 3.73. The van der Waals surface area contributed by atoms with Crippen LogP contribution in [0.3, 0.4) is 0 Å². The number of rotatable bonds is 4. The Morgan fingerprint density at radius 2 is 2.19 bits per heavy atom. The average Bonchev–Trinajstić information content (AvgIpc) is 3.19. The largest absolute Gasteiger partial charge is 0.460 e. The SMILES string of the molecule is COCCOC(=O)C1=C(C)NC(=O)C12c1cc(Br)ccc1-c1oc(N)nc12. The summed E-state index contributed by atoms with van der Waals surface area (Å²) in [5.41, 5.74) is 6.41. The van der Waals surface area contributed by atoms with Gasteiger partial charge in [0.25, 0.3) is 6.01 Å². The van der Waals surface area contributed by atoms with E-state index in [0.29, 0.717) is 28.3 Å². The molecule has 1 spiro atoms. The van der Waals surface area contributed by atoms with Gasteiger partial charge in [-0.2, -0.15) is 4.98 Å². The van der Waals surface area contributed by atoms with Crippen LogP contribution in [0, 0.1) is 0 Å². The molecular weight excluding hydrogens is 418 g/mol. The summed E-state index contributed by atoms with van der Waals surface area (Å²) in [6.07, 6.45) is 0. The first-order valence-electron chi connectivity index (χ1n) is 8.17. The molecule has 8 nitrogen and oxygen atoms in total. The van der Waals surface area contributed by atoms with E-state index in [-0.39, 0.29) is 24.8 Å². The van der Waals surface area contributed by atoms with Gasteiger partial charge < -0.3 is 24.9 Å². The Balaban J connectivity index is 1.95. The number of nitrogen functional groups attached to an aromatic ring is 1. The van der Waals surface area contributed by atoms with Gasteiger partial charge in [-0.15, -0.1) is 0 Å². The minimum atomic E-state index is -1.47. The normalized spacial score (nSPS) is 20.0. The first-order valence-corrected chi connectivity index (χ1v) is 8.96. The number of carbonyl (C=O) groups is 2. The van der Waals surface area contributed by atoms with E-state index in [4.69, 9.17) is 19.6 Å². The van der Waals surface area contributed by atoms with Crippen molar-refractivity contribution in [3.63, 3.8) is 0 Å². The van der Waals surface area contributed by atoms with Gasteiger partial charge in [-0.25, -0.2) is 4.79 Å². The molecule has 2 aromatic rings. The maximum Gasteiger partial charge on any atom is 0.337 e. The highest BCUT2D eigenvalue weighted by Gasteiger charge is 2.61. The minimum Gasteiger partial charge on any atom is -0.460 e. The lowest BCUT2D eigenvalue weighted by atomic mass is 9.75. The van der Waals surface area contributed by atoms with Crippen LogP contribution in [-0.4, -0.2) is 37.2 Å². The number of ether oxygens (including phenoxy) is 2. The summed E-state index contributed by atoms with van der Waals surface area (Å²) in [5.74, 6) is -0.643. The number of hydrogen-bond acceptors (Lipinski definition) is 7. The lowest BCUT2D eigenvalue weighted by Crippen LogP contribution is -2.41. The number of anilines is 1. The second kappa shape index (κ2) is 6.21. The fraction of sp³-hybridized carbons (Fsp3) is 0.278. The van der Waals surface area contributed by atoms with Gasteiger partial charge in [-0.1, -0.05) is 15.9 Å². The Labute approximate surface area is 162 Å². The molecule has 1 amide bonds. The van der Waals surface area contributed by atoms with Gasteiger partial charge in [0, 0.05) is 22.8 Å². The number of nitrogens with zero attached hydrogens (tertiary/aromatic N) is 1. The second-order valence-corrected chi connectivity index (χ2v) is 7.17. The number of benzene rings is 1. The number of halogens is 1. The standard InChI is InChI=1S/C18H16BrN3O5/c1-8-12(15(23)26-6-5-25-2)18(16(24)21-8)11-7-9(19)3-4-10(11)13-14(18)22-17(20)27-13/h3-4,7H,5-6H2,1-2H3,(H2,20,22)(H,21,24). The van der Waals surface area contributed by atoms with Crippen LogP contribution in [0.5, 0.6) is 0 Å². The van der Waals surface area contributed by atoms with Crippen molar-refractivity contribution in [2.45, 2.75) is 12.3 Å². The molecule has 9 heteroatoms. The van der Waals surface area contributed by atoms with E-state index in [1.165, 1.54) is 7.11 Å². The third-order valence-electron chi connectivity index (χ3n) is 4.75. The zero-order chi connectivity index (χ0) is 19.3. The van der Waals surface area contributed by atoms with Crippen LogP contribution in [0.15, 0.2) is 38.4 Å². The molecule has 0 fully saturated rings. The molecule has 4 rings (SSSR count). The Morgan fingerprint density at radius 3 is 2.93 bits per heavy atom. The number of allylic oxidation sites excluding steroid dienone is 1. The molecule has 0 saturated carbocycles. The molecule has 0 saturated heterocycles. The quantitative estimate of drug-likeness (QED) is 0.558. The number of hydrogen-bond donors (Lipinski definition) is 2. The first-order chi connectivity index (χ1) is 12.9. The van der Waals surface area contributed by atoms with Crippen molar-refractivity contribution in [2.24, 2.45) is 0 Å². The number of amides is 1. The van der Waals surface area contributed by atoms with Crippen LogP contribution in [0.4, 0.5) is 6.01 Å². The monoisotopic (exact) mass is 433 g/mol. The van der Waals surface area contributed by atoms with Crippen LogP contribution < -0.4 is 11.1 Å². The summed E-state index contributed by atoms with van der Waals surface area (Å²) in [6, 6.07) is 5.33. The predicted octanol–water partition coefficient (Wildman–Crippen LogP) is 1.88. The lowest BCUT2D eigenvalue weighted by molar-refractivity contribution is -0.141. The second-order valence-electron chi connectivity index (χ2n) is 6.25. The Hall–Kier alpha value is -2.65. The maximum absolute atomic E-state index is 13.2. The van der Waals surface area contributed by atoms with Gasteiger partial charge in [0.2, 0.25) is 5.91 Å². The predicted molar refractivity (Wildman–Crippen MR) is 98.5 cm³/mol. The molecule has 1 aliphatic carbocycles. The van der Waals surface area contributed by atoms with Gasteiger partial charge in [-0.05, 0) is 30.7 Å². The zero-order valence-electron chi connectivity index (χ0n) is 14.6. The molecule has 27 heavy (non-hydrogen) atoms. The summed E-state index contributed by atoms with van der Waals surface area (Å²) < 4.78 is 16.6. The topological polar surface area (TPSA) is 117 Å². The Bertz CT molecular complexity index is 1010. The smallest absolute Gasteiger partial charge is 0.337 e. The van der Waals surface area contributed by atoms with Crippen LogP contribution in [0.25, 0.3) is 11.3 Å². The zero-order valence-corrected chi connectivity index (χ0v) is 16.2. The van der Waals surface area contributed by atoms with E-state index in [1.807, 2.05) is 6.07 Å². The number of aromatic nitrogens is 1. The van der Waals surface area contributed by atoms with Crippen LogP contribution >= 0.6 is 15.9 Å². The molecule has 0 radical (unpaired) electrons. The highest BCUT2D eigenvalue weighted by molar-refractivity contribution is 9.10. The number of nitrogens with one attached hydrogen (secondary N) is 1. The van der Waals surface area contributed by atoms with E-state index in [9.17, 15) is 9.59 Å². The van der Waals surface area contributed by atoms with E-state index in [2.05, 4.69) is 26.2 Å². The van der Waals surface area contributed by atoms with Crippen molar-refractivity contribution in [3.8, 4) is 11.3 Å². The van der Waals surface area contributed by atoms with E-state index in [1.54, 1.807) is 19.1 Å². The Morgan fingerprint density at radius 1 is 1.41 bits per heavy atom.